The summed E-state index contributed by atoms with van der Waals surface area (Å²) in [6, 6.07) is 16.8. The summed E-state index contributed by atoms with van der Waals surface area (Å²) in [5.74, 6) is 0.897. The highest BCUT2D eigenvalue weighted by Crippen LogP contribution is 2.31. The lowest BCUT2D eigenvalue weighted by molar-refractivity contribution is 0.261. The minimum Gasteiger partial charge on any atom is -0.497 e. The average Bonchev–Trinajstić information content (AvgIpc) is 3.10. The minimum absolute atomic E-state index is 0.897. The van der Waals surface area contributed by atoms with Gasteiger partial charge in [-0.1, -0.05) is 41.7 Å². The Hall–Kier alpha value is -2.11. The van der Waals surface area contributed by atoms with E-state index in [2.05, 4.69) is 46.2 Å². The number of aromatic nitrogens is 1. The molecule has 1 aromatic heterocycles. The van der Waals surface area contributed by atoms with Gasteiger partial charge in [0.25, 0.3) is 0 Å². The second-order valence-corrected chi connectivity index (χ2v) is 7.40. The van der Waals surface area contributed by atoms with Crippen molar-refractivity contribution < 1.29 is 4.74 Å². The number of nitrogens with zero attached hydrogens (tertiary/aromatic N) is 3. The number of methoxy groups -OCH3 is 1. The van der Waals surface area contributed by atoms with Crippen LogP contribution in [-0.4, -0.2) is 49.7 Å². The highest BCUT2D eigenvalue weighted by molar-refractivity contribution is 7.22. The van der Waals surface area contributed by atoms with Crippen molar-refractivity contribution in [3.63, 3.8) is 0 Å². The van der Waals surface area contributed by atoms with E-state index >= 15 is 0 Å². The Balaban J connectivity index is 1.35. The van der Waals surface area contributed by atoms with Crippen molar-refractivity contribution in [1.29, 1.82) is 0 Å². The van der Waals surface area contributed by atoms with E-state index in [1.165, 1.54) is 10.3 Å². The Morgan fingerprint density at radius 2 is 1.84 bits per heavy atom. The van der Waals surface area contributed by atoms with Crippen LogP contribution >= 0.6 is 11.3 Å². The van der Waals surface area contributed by atoms with Gasteiger partial charge in [-0.05, 0) is 30.2 Å². The first kappa shape index (κ1) is 16.4. The maximum Gasteiger partial charge on any atom is 0.186 e. The van der Waals surface area contributed by atoms with E-state index in [-0.39, 0.29) is 0 Å². The number of benzene rings is 2. The second-order valence-electron chi connectivity index (χ2n) is 6.39. The van der Waals surface area contributed by atoms with Gasteiger partial charge in [0.2, 0.25) is 0 Å². The van der Waals surface area contributed by atoms with E-state index < -0.39 is 0 Å². The number of piperazine rings is 1. The Labute approximate surface area is 152 Å². The van der Waals surface area contributed by atoms with Gasteiger partial charge in [0.15, 0.2) is 5.13 Å². The Morgan fingerprint density at radius 3 is 2.60 bits per heavy atom. The van der Waals surface area contributed by atoms with Crippen molar-refractivity contribution in [3.05, 3.63) is 54.1 Å². The smallest absolute Gasteiger partial charge is 0.186 e. The standard InChI is InChI=1S/C20H23N3OS/c1-24-17-7-8-18-19(15-17)25-20(21-18)23-13-11-22(12-14-23)10-9-16-5-3-2-4-6-16/h2-8,15H,9-14H2,1H3. The Bertz CT molecular complexity index is 825. The summed E-state index contributed by atoms with van der Waals surface area (Å²) in [4.78, 5) is 9.77. The minimum atomic E-state index is 0.897. The fourth-order valence-corrected chi connectivity index (χ4v) is 4.30. The van der Waals surface area contributed by atoms with E-state index in [9.17, 15) is 0 Å². The molecule has 4 rings (SSSR count). The molecule has 0 unspecified atom stereocenters. The zero-order valence-corrected chi connectivity index (χ0v) is 15.3. The zero-order valence-electron chi connectivity index (χ0n) is 14.5. The summed E-state index contributed by atoms with van der Waals surface area (Å²) in [5.41, 5.74) is 2.48. The molecule has 0 atom stereocenters. The van der Waals surface area contributed by atoms with Crippen molar-refractivity contribution in [1.82, 2.24) is 9.88 Å². The molecule has 0 N–H and O–H groups in total. The Kier molecular flexibility index (Phi) is 4.85. The molecular weight excluding hydrogens is 330 g/mol. The first-order valence-corrected chi connectivity index (χ1v) is 9.59. The number of thiazole rings is 1. The van der Waals surface area contributed by atoms with Gasteiger partial charge in [0.1, 0.15) is 5.75 Å². The molecule has 25 heavy (non-hydrogen) atoms. The normalized spacial score (nSPS) is 15.6. The largest absolute Gasteiger partial charge is 0.497 e. The van der Waals surface area contributed by atoms with Crippen LogP contribution < -0.4 is 9.64 Å². The maximum atomic E-state index is 5.31. The van der Waals surface area contributed by atoms with Crippen molar-refractivity contribution in [2.45, 2.75) is 6.42 Å². The third kappa shape index (κ3) is 3.78. The van der Waals surface area contributed by atoms with Gasteiger partial charge in [-0.15, -0.1) is 0 Å². The lowest BCUT2D eigenvalue weighted by Gasteiger charge is -2.34. The summed E-state index contributed by atoms with van der Waals surface area (Å²) in [6.07, 6.45) is 1.13. The quantitative estimate of drug-likeness (QED) is 0.700. The third-order valence-corrected chi connectivity index (χ3v) is 5.87. The van der Waals surface area contributed by atoms with Gasteiger partial charge in [-0.25, -0.2) is 4.98 Å². The van der Waals surface area contributed by atoms with Crippen LogP contribution in [0.15, 0.2) is 48.5 Å². The average molecular weight is 353 g/mol. The van der Waals surface area contributed by atoms with E-state index in [1.807, 2.05) is 12.1 Å². The van der Waals surface area contributed by atoms with Crippen molar-refractivity contribution >= 4 is 26.7 Å². The lowest BCUT2D eigenvalue weighted by Crippen LogP contribution is -2.46. The predicted octanol–water partition coefficient (Wildman–Crippen LogP) is 3.67. The highest BCUT2D eigenvalue weighted by atomic mass is 32.1. The number of fused-ring (bicyclic) bond motifs is 1. The molecule has 4 nitrogen and oxygen atoms in total. The molecular formula is C20H23N3OS. The first-order valence-electron chi connectivity index (χ1n) is 8.77. The van der Waals surface area contributed by atoms with E-state index in [4.69, 9.17) is 9.72 Å². The predicted molar refractivity (Wildman–Crippen MR) is 105 cm³/mol. The third-order valence-electron chi connectivity index (χ3n) is 4.79. The molecule has 0 spiro atoms. The molecule has 2 heterocycles. The maximum absolute atomic E-state index is 5.31. The Morgan fingerprint density at radius 1 is 1.04 bits per heavy atom. The van der Waals surface area contributed by atoms with Crippen LogP contribution in [0, 0.1) is 0 Å². The van der Waals surface area contributed by atoms with Gasteiger partial charge >= 0.3 is 0 Å². The number of ether oxygens (including phenoxy) is 1. The molecule has 0 aliphatic carbocycles. The van der Waals surface area contributed by atoms with Crippen LogP contribution in [0.3, 0.4) is 0 Å². The van der Waals surface area contributed by atoms with Crippen molar-refractivity contribution in [2.24, 2.45) is 0 Å². The van der Waals surface area contributed by atoms with Crippen LogP contribution in [0.25, 0.3) is 10.2 Å². The molecule has 0 amide bonds. The van der Waals surface area contributed by atoms with Gasteiger partial charge < -0.3 is 9.64 Å². The molecule has 2 aromatic carbocycles. The molecule has 5 heteroatoms. The zero-order chi connectivity index (χ0) is 17.1. The van der Waals surface area contributed by atoms with Crippen LogP contribution in [0.4, 0.5) is 5.13 Å². The SMILES string of the molecule is COc1ccc2nc(N3CCN(CCc4ccccc4)CC3)sc2c1. The molecule has 130 valence electrons. The number of hydrogen-bond acceptors (Lipinski definition) is 5. The van der Waals surface area contributed by atoms with E-state index in [0.717, 1.165) is 55.5 Å². The topological polar surface area (TPSA) is 28.6 Å². The number of anilines is 1. The van der Waals surface area contributed by atoms with Crippen molar-refractivity contribution in [2.75, 3.05) is 44.7 Å². The summed E-state index contributed by atoms with van der Waals surface area (Å²) >= 11 is 1.76. The summed E-state index contributed by atoms with van der Waals surface area (Å²) < 4.78 is 6.51. The highest BCUT2D eigenvalue weighted by Gasteiger charge is 2.19. The molecule has 1 aliphatic rings. The fraction of sp³-hybridized carbons (Fsp3) is 0.350. The van der Waals surface area contributed by atoms with E-state index in [0.29, 0.717) is 0 Å². The van der Waals surface area contributed by atoms with Crippen LogP contribution in [0.2, 0.25) is 0 Å². The lowest BCUT2D eigenvalue weighted by atomic mass is 10.1. The van der Waals surface area contributed by atoms with Gasteiger partial charge in [-0.3, -0.25) is 4.90 Å². The van der Waals surface area contributed by atoms with Crippen LogP contribution in [-0.2, 0) is 6.42 Å². The summed E-state index contributed by atoms with van der Waals surface area (Å²) in [6.45, 7) is 5.44. The molecule has 0 radical (unpaired) electrons. The van der Waals surface area contributed by atoms with Crippen molar-refractivity contribution in [3.8, 4) is 5.75 Å². The van der Waals surface area contributed by atoms with Gasteiger partial charge in [0, 0.05) is 32.7 Å². The number of rotatable bonds is 5. The van der Waals surface area contributed by atoms with Gasteiger partial charge in [0.05, 0.1) is 17.3 Å². The first-order chi connectivity index (χ1) is 12.3. The molecule has 0 bridgehead atoms. The van der Waals surface area contributed by atoms with Crippen LogP contribution in [0.1, 0.15) is 5.56 Å². The van der Waals surface area contributed by atoms with E-state index in [1.54, 1.807) is 18.4 Å². The number of hydrogen-bond donors (Lipinski definition) is 0. The molecule has 3 aromatic rings. The van der Waals surface area contributed by atoms with Crippen LogP contribution in [0.5, 0.6) is 5.75 Å². The molecule has 1 fully saturated rings. The van der Waals surface area contributed by atoms with Gasteiger partial charge in [-0.2, -0.15) is 0 Å². The molecule has 0 saturated carbocycles. The summed E-state index contributed by atoms with van der Waals surface area (Å²) in [5, 5.41) is 1.13. The summed E-state index contributed by atoms with van der Waals surface area (Å²) in [7, 11) is 1.71. The molecule has 1 aliphatic heterocycles. The second kappa shape index (κ2) is 7.42. The fourth-order valence-electron chi connectivity index (χ4n) is 3.25. The monoisotopic (exact) mass is 353 g/mol. The molecule has 1 saturated heterocycles.